The normalized spacial score (nSPS) is 14.4. The number of ether oxygens (including phenoxy) is 1. The number of nitrogens with zero attached hydrogens (tertiary/aromatic N) is 2. The fraction of sp³-hybridized carbons (Fsp3) is 0.286. The largest absolute Gasteiger partial charge is 0.493 e. The van der Waals surface area contributed by atoms with Crippen molar-refractivity contribution >= 4 is 5.95 Å². The fourth-order valence-corrected chi connectivity index (χ4v) is 1.82. The number of rotatable bonds is 4. The SMILES string of the molecule is Nc1nccc(-c2ccccc2OCC2CC2)n1. The zero-order chi connectivity index (χ0) is 12.4. The molecule has 0 unspecified atom stereocenters. The van der Waals surface area contributed by atoms with Crippen LogP contribution in [0.15, 0.2) is 36.5 Å². The van der Waals surface area contributed by atoms with Crippen LogP contribution in [-0.2, 0) is 0 Å². The van der Waals surface area contributed by atoms with Crippen LogP contribution in [-0.4, -0.2) is 16.6 Å². The molecular weight excluding hydrogens is 226 g/mol. The van der Waals surface area contributed by atoms with Gasteiger partial charge in [-0.15, -0.1) is 0 Å². The molecule has 18 heavy (non-hydrogen) atoms. The number of nitrogen functional groups attached to an aromatic ring is 1. The highest BCUT2D eigenvalue weighted by Gasteiger charge is 2.22. The fourth-order valence-electron chi connectivity index (χ4n) is 1.82. The standard InChI is InChI=1S/C14H15N3O/c15-14-16-8-7-12(17-14)11-3-1-2-4-13(11)18-9-10-5-6-10/h1-4,7-8,10H,5-6,9H2,(H2,15,16,17). The van der Waals surface area contributed by atoms with Crippen LogP contribution in [0.25, 0.3) is 11.3 Å². The van der Waals surface area contributed by atoms with E-state index in [0.29, 0.717) is 0 Å². The highest BCUT2D eigenvalue weighted by atomic mass is 16.5. The number of aromatic nitrogens is 2. The second kappa shape index (κ2) is 4.64. The molecular formula is C14H15N3O. The smallest absolute Gasteiger partial charge is 0.220 e. The third-order valence-corrected chi connectivity index (χ3v) is 3.01. The molecule has 1 heterocycles. The summed E-state index contributed by atoms with van der Waals surface area (Å²) in [5, 5.41) is 0. The van der Waals surface area contributed by atoms with Gasteiger partial charge in [0, 0.05) is 11.8 Å². The number of nitrogens with two attached hydrogens (primary N) is 1. The monoisotopic (exact) mass is 241 g/mol. The van der Waals surface area contributed by atoms with Crippen LogP contribution >= 0.6 is 0 Å². The first-order valence-electron chi connectivity index (χ1n) is 6.13. The van der Waals surface area contributed by atoms with E-state index in [9.17, 15) is 0 Å². The van der Waals surface area contributed by atoms with E-state index in [4.69, 9.17) is 10.5 Å². The molecule has 1 aliphatic carbocycles. The van der Waals surface area contributed by atoms with E-state index < -0.39 is 0 Å². The lowest BCUT2D eigenvalue weighted by Crippen LogP contribution is -2.01. The molecule has 0 aliphatic heterocycles. The average Bonchev–Trinajstić information content (AvgIpc) is 3.21. The predicted molar refractivity (Wildman–Crippen MR) is 70.1 cm³/mol. The van der Waals surface area contributed by atoms with Crippen LogP contribution in [0.2, 0.25) is 0 Å². The summed E-state index contributed by atoms with van der Waals surface area (Å²) >= 11 is 0. The van der Waals surface area contributed by atoms with Gasteiger partial charge in [-0.3, -0.25) is 0 Å². The van der Waals surface area contributed by atoms with Crippen molar-refractivity contribution in [2.75, 3.05) is 12.3 Å². The van der Waals surface area contributed by atoms with E-state index in [2.05, 4.69) is 9.97 Å². The molecule has 0 spiro atoms. The van der Waals surface area contributed by atoms with Crippen molar-refractivity contribution in [3.8, 4) is 17.0 Å². The third kappa shape index (κ3) is 2.42. The number of anilines is 1. The summed E-state index contributed by atoms with van der Waals surface area (Å²) in [5.74, 6) is 1.88. The number of hydrogen-bond acceptors (Lipinski definition) is 4. The molecule has 92 valence electrons. The molecule has 4 heteroatoms. The van der Waals surface area contributed by atoms with Crippen LogP contribution in [0.1, 0.15) is 12.8 Å². The zero-order valence-electron chi connectivity index (χ0n) is 10.0. The van der Waals surface area contributed by atoms with Gasteiger partial charge in [-0.2, -0.15) is 0 Å². The predicted octanol–water partition coefficient (Wildman–Crippen LogP) is 2.51. The molecule has 0 saturated heterocycles. The van der Waals surface area contributed by atoms with Crippen LogP contribution in [0.5, 0.6) is 5.75 Å². The van der Waals surface area contributed by atoms with Crippen molar-refractivity contribution in [2.24, 2.45) is 5.92 Å². The van der Waals surface area contributed by atoms with Gasteiger partial charge in [0.25, 0.3) is 0 Å². The Hall–Kier alpha value is -2.10. The van der Waals surface area contributed by atoms with Gasteiger partial charge in [0.05, 0.1) is 12.3 Å². The molecule has 0 radical (unpaired) electrons. The van der Waals surface area contributed by atoms with Gasteiger partial charge in [-0.1, -0.05) is 12.1 Å². The summed E-state index contributed by atoms with van der Waals surface area (Å²) in [7, 11) is 0. The topological polar surface area (TPSA) is 61.0 Å². The van der Waals surface area contributed by atoms with Crippen LogP contribution in [0.4, 0.5) is 5.95 Å². The second-order valence-corrected chi connectivity index (χ2v) is 4.55. The molecule has 2 N–H and O–H groups in total. The summed E-state index contributed by atoms with van der Waals surface area (Å²) in [6.45, 7) is 0.789. The molecule has 0 amide bonds. The quantitative estimate of drug-likeness (QED) is 0.893. The van der Waals surface area contributed by atoms with E-state index in [1.165, 1.54) is 12.8 Å². The Balaban J connectivity index is 1.89. The van der Waals surface area contributed by atoms with Gasteiger partial charge in [0.2, 0.25) is 5.95 Å². The maximum atomic E-state index is 5.85. The van der Waals surface area contributed by atoms with Crippen molar-refractivity contribution in [3.63, 3.8) is 0 Å². The third-order valence-electron chi connectivity index (χ3n) is 3.01. The van der Waals surface area contributed by atoms with E-state index in [-0.39, 0.29) is 5.95 Å². The van der Waals surface area contributed by atoms with Gasteiger partial charge in [-0.25, -0.2) is 9.97 Å². The van der Waals surface area contributed by atoms with Gasteiger partial charge in [0.15, 0.2) is 0 Å². The summed E-state index contributed by atoms with van der Waals surface area (Å²) in [6, 6.07) is 9.74. The maximum absolute atomic E-state index is 5.85. The summed E-state index contributed by atoms with van der Waals surface area (Å²) in [5.41, 5.74) is 7.38. The first-order chi connectivity index (χ1) is 8.83. The van der Waals surface area contributed by atoms with Crippen LogP contribution in [0, 0.1) is 5.92 Å². The Morgan fingerprint density at radius 3 is 2.83 bits per heavy atom. The number of benzene rings is 1. The van der Waals surface area contributed by atoms with Crippen molar-refractivity contribution in [2.45, 2.75) is 12.8 Å². The van der Waals surface area contributed by atoms with Crippen LogP contribution < -0.4 is 10.5 Å². The molecule has 0 atom stereocenters. The lowest BCUT2D eigenvalue weighted by Gasteiger charge is -2.10. The Kier molecular flexibility index (Phi) is 2.84. The Morgan fingerprint density at radius 1 is 1.22 bits per heavy atom. The van der Waals surface area contributed by atoms with E-state index in [1.807, 2.05) is 30.3 Å². The van der Waals surface area contributed by atoms with Crippen molar-refractivity contribution in [1.82, 2.24) is 9.97 Å². The minimum absolute atomic E-state index is 0.282. The molecule has 1 fully saturated rings. The summed E-state index contributed by atoms with van der Waals surface area (Å²) in [4.78, 5) is 8.14. The van der Waals surface area contributed by atoms with Gasteiger partial charge >= 0.3 is 0 Å². The highest BCUT2D eigenvalue weighted by Crippen LogP contribution is 2.33. The molecule has 2 aromatic rings. The minimum atomic E-state index is 0.282. The van der Waals surface area contributed by atoms with Crippen LogP contribution in [0.3, 0.4) is 0 Å². The minimum Gasteiger partial charge on any atom is -0.493 e. The molecule has 1 aromatic heterocycles. The van der Waals surface area contributed by atoms with E-state index in [0.717, 1.165) is 29.5 Å². The average molecular weight is 241 g/mol. The van der Waals surface area contributed by atoms with Gasteiger partial charge in [-0.05, 0) is 37.0 Å². The second-order valence-electron chi connectivity index (χ2n) is 4.55. The van der Waals surface area contributed by atoms with Crippen molar-refractivity contribution in [3.05, 3.63) is 36.5 Å². The molecule has 4 nitrogen and oxygen atoms in total. The molecule has 1 saturated carbocycles. The van der Waals surface area contributed by atoms with Crippen molar-refractivity contribution < 1.29 is 4.74 Å². The first kappa shape index (κ1) is 11.0. The first-order valence-corrected chi connectivity index (χ1v) is 6.13. The van der Waals surface area contributed by atoms with E-state index >= 15 is 0 Å². The number of para-hydroxylation sites is 1. The van der Waals surface area contributed by atoms with Gasteiger partial charge in [0.1, 0.15) is 5.75 Å². The molecule has 1 aromatic carbocycles. The molecule has 3 rings (SSSR count). The van der Waals surface area contributed by atoms with Gasteiger partial charge < -0.3 is 10.5 Å². The molecule has 1 aliphatic rings. The lowest BCUT2D eigenvalue weighted by molar-refractivity contribution is 0.301. The Bertz CT molecular complexity index is 552. The Morgan fingerprint density at radius 2 is 2.06 bits per heavy atom. The maximum Gasteiger partial charge on any atom is 0.220 e. The summed E-state index contributed by atoms with van der Waals surface area (Å²) in [6.07, 6.45) is 4.22. The summed E-state index contributed by atoms with van der Waals surface area (Å²) < 4.78 is 5.85. The van der Waals surface area contributed by atoms with E-state index in [1.54, 1.807) is 6.20 Å². The zero-order valence-corrected chi connectivity index (χ0v) is 10.0. The highest BCUT2D eigenvalue weighted by molar-refractivity contribution is 5.67. The lowest BCUT2D eigenvalue weighted by atomic mass is 10.1. The number of hydrogen-bond donors (Lipinski definition) is 1. The molecule has 0 bridgehead atoms. The van der Waals surface area contributed by atoms with Crippen molar-refractivity contribution in [1.29, 1.82) is 0 Å². The Labute approximate surface area is 106 Å².